The smallest absolute Gasteiger partial charge is 0.120 e. The van der Waals surface area contributed by atoms with Crippen molar-refractivity contribution in [2.24, 2.45) is 0 Å². The van der Waals surface area contributed by atoms with Crippen LogP contribution in [0.5, 0.6) is 5.75 Å². The van der Waals surface area contributed by atoms with E-state index in [1.165, 1.54) is 0 Å². The lowest BCUT2D eigenvalue weighted by Gasteiger charge is -2.27. The molecule has 0 radical (unpaired) electrons. The SMILES string of the molecule is CCN(CCOc1cccc(C#N)c1)C(C)COC. The van der Waals surface area contributed by atoms with Gasteiger partial charge >= 0.3 is 0 Å². The van der Waals surface area contributed by atoms with Crippen LogP contribution in [-0.2, 0) is 4.74 Å². The number of nitrogens with zero attached hydrogens (tertiary/aromatic N) is 2. The monoisotopic (exact) mass is 262 g/mol. The minimum Gasteiger partial charge on any atom is -0.492 e. The molecule has 0 bridgehead atoms. The van der Waals surface area contributed by atoms with Crippen molar-refractivity contribution in [1.82, 2.24) is 4.90 Å². The lowest BCUT2D eigenvalue weighted by Crippen LogP contribution is -2.38. The summed E-state index contributed by atoms with van der Waals surface area (Å²) in [5.41, 5.74) is 0.623. The number of benzene rings is 1. The molecule has 0 spiro atoms. The zero-order chi connectivity index (χ0) is 14.1. The standard InChI is InChI=1S/C15H22N2O2/c1-4-17(13(2)12-18-3)8-9-19-15-7-5-6-14(10-15)11-16/h5-7,10,13H,4,8-9,12H2,1-3H3. The van der Waals surface area contributed by atoms with Gasteiger partial charge < -0.3 is 9.47 Å². The van der Waals surface area contributed by atoms with Crippen molar-refractivity contribution < 1.29 is 9.47 Å². The van der Waals surface area contributed by atoms with Gasteiger partial charge in [0.05, 0.1) is 18.2 Å². The predicted molar refractivity (Wildman–Crippen MR) is 75.2 cm³/mol. The van der Waals surface area contributed by atoms with Crippen LogP contribution in [-0.4, -0.2) is 44.4 Å². The maximum absolute atomic E-state index is 8.82. The van der Waals surface area contributed by atoms with Gasteiger partial charge in [0.1, 0.15) is 12.4 Å². The average molecular weight is 262 g/mol. The largest absolute Gasteiger partial charge is 0.492 e. The third-order valence-corrected chi connectivity index (χ3v) is 3.05. The molecule has 19 heavy (non-hydrogen) atoms. The van der Waals surface area contributed by atoms with Crippen molar-refractivity contribution in [1.29, 1.82) is 5.26 Å². The summed E-state index contributed by atoms with van der Waals surface area (Å²) in [7, 11) is 1.72. The van der Waals surface area contributed by atoms with Gasteiger partial charge in [-0.25, -0.2) is 0 Å². The molecule has 0 aliphatic heterocycles. The van der Waals surface area contributed by atoms with Crippen LogP contribution in [0.2, 0.25) is 0 Å². The van der Waals surface area contributed by atoms with Gasteiger partial charge in [-0.15, -0.1) is 0 Å². The van der Waals surface area contributed by atoms with E-state index in [4.69, 9.17) is 14.7 Å². The van der Waals surface area contributed by atoms with Gasteiger partial charge in [0.2, 0.25) is 0 Å². The Morgan fingerprint density at radius 1 is 1.42 bits per heavy atom. The van der Waals surface area contributed by atoms with Crippen LogP contribution >= 0.6 is 0 Å². The van der Waals surface area contributed by atoms with E-state index in [2.05, 4.69) is 24.8 Å². The van der Waals surface area contributed by atoms with Crippen LogP contribution in [0, 0.1) is 11.3 Å². The fourth-order valence-electron chi connectivity index (χ4n) is 1.97. The normalized spacial score (nSPS) is 12.2. The number of nitriles is 1. The first kappa shape index (κ1) is 15.5. The Bertz CT molecular complexity index is 415. The van der Waals surface area contributed by atoms with Gasteiger partial charge in [0, 0.05) is 19.7 Å². The van der Waals surface area contributed by atoms with Crippen LogP contribution in [0.1, 0.15) is 19.4 Å². The molecule has 0 N–H and O–H groups in total. The highest BCUT2D eigenvalue weighted by atomic mass is 16.5. The number of methoxy groups -OCH3 is 1. The van der Waals surface area contributed by atoms with Crippen molar-refractivity contribution in [2.45, 2.75) is 19.9 Å². The Morgan fingerprint density at radius 3 is 2.84 bits per heavy atom. The second-order valence-electron chi connectivity index (χ2n) is 4.42. The van der Waals surface area contributed by atoms with Gasteiger partial charge in [-0.05, 0) is 31.7 Å². The molecular weight excluding hydrogens is 240 g/mol. The van der Waals surface area contributed by atoms with Crippen LogP contribution in [0.15, 0.2) is 24.3 Å². The fraction of sp³-hybridized carbons (Fsp3) is 0.533. The van der Waals surface area contributed by atoms with E-state index in [1.807, 2.05) is 12.1 Å². The second-order valence-corrected chi connectivity index (χ2v) is 4.42. The number of hydrogen-bond donors (Lipinski definition) is 0. The Balaban J connectivity index is 2.41. The molecule has 1 aromatic rings. The van der Waals surface area contributed by atoms with Crippen LogP contribution in [0.25, 0.3) is 0 Å². The van der Waals surface area contributed by atoms with Gasteiger partial charge in [0.15, 0.2) is 0 Å². The van der Waals surface area contributed by atoms with Gasteiger partial charge in [-0.3, -0.25) is 4.90 Å². The minimum absolute atomic E-state index is 0.379. The Hall–Kier alpha value is -1.57. The summed E-state index contributed by atoms with van der Waals surface area (Å²) in [6.07, 6.45) is 0. The van der Waals surface area contributed by atoms with E-state index in [0.717, 1.165) is 25.4 Å². The highest BCUT2D eigenvalue weighted by Crippen LogP contribution is 2.12. The van der Waals surface area contributed by atoms with Crippen molar-refractivity contribution in [3.8, 4) is 11.8 Å². The number of ether oxygens (including phenoxy) is 2. The molecule has 1 aromatic carbocycles. The topological polar surface area (TPSA) is 45.5 Å². The molecule has 1 atom stereocenters. The molecule has 1 unspecified atom stereocenters. The van der Waals surface area contributed by atoms with Crippen molar-refractivity contribution >= 4 is 0 Å². The summed E-state index contributed by atoms with van der Waals surface area (Å²) in [6, 6.07) is 9.72. The predicted octanol–water partition coefficient (Wildman–Crippen LogP) is 2.29. The van der Waals surface area contributed by atoms with E-state index in [0.29, 0.717) is 18.2 Å². The average Bonchev–Trinajstić information content (AvgIpc) is 2.44. The summed E-state index contributed by atoms with van der Waals surface area (Å²) in [6.45, 7) is 7.41. The summed E-state index contributed by atoms with van der Waals surface area (Å²) in [5, 5.41) is 8.82. The summed E-state index contributed by atoms with van der Waals surface area (Å²) >= 11 is 0. The molecule has 0 fully saturated rings. The van der Waals surface area contributed by atoms with E-state index in [1.54, 1.807) is 19.2 Å². The summed E-state index contributed by atoms with van der Waals surface area (Å²) in [5.74, 6) is 0.745. The molecule has 4 nitrogen and oxygen atoms in total. The van der Waals surface area contributed by atoms with Crippen molar-refractivity contribution in [3.63, 3.8) is 0 Å². The lowest BCUT2D eigenvalue weighted by molar-refractivity contribution is 0.0920. The summed E-state index contributed by atoms with van der Waals surface area (Å²) in [4.78, 5) is 2.30. The highest BCUT2D eigenvalue weighted by Gasteiger charge is 2.11. The van der Waals surface area contributed by atoms with Crippen LogP contribution in [0.4, 0.5) is 0 Å². The molecule has 0 heterocycles. The highest BCUT2D eigenvalue weighted by molar-refractivity contribution is 5.36. The first-order valence-corrected chi connectivity index (χ1v) is 6.57. The summed E-state index contributed by atoms with van der Waals surface area (Å²) < 4.78 is 10.8. The molecule has 0 aliphatic carbocycles. The maximum Gasteiger partial charge on any atom is 0.120 e. The van der Waals surface area contributed by atoms with E-state index >= 15 is 0 Å². The van der Waals surface area contributed by atoms with E-state index in [-0.39, 0.29) is 0 Å². The lowest BCUT2D eigenvalue weighted by atomic mass is 10.2. The molecule has 0 aromatic heterocycles. The maximum atomic E-state index is 8.82. The Kier molecular flexibility index (Phi) is 6.94. The molecular formula is C15H22N2O2. The molecule has 0 amide bonds. The van der Waals surface area contributed by atoms with E-state index < -0.39 is 0 Å². The number of rotatable bonds is 8. The molecule has 0 saturated carbocycles. The van der Waals surface area contributed by atoms with Crippen molar-refractivity contribution in [2.75, 3.05) is 33.4 Å². The third kappa shape index (κ3) is 5.29. The Labute approximate surface area is 115 Å². The fourth-order valence-corrected chi connectivity index (χ4v) is 1.97. The van der Waals surface area contributed by atoms with Crippen LogP contribution < -0.4 is 4.74 Å². The first-order valence-electron chi connectivity index (χ1n) is 6.57. The molecule has 0 aliphatic rings. The van der Waals surface area contributed by atoms with Gasteiger partial charge in [-0.1, -0.05) is 13.0 Å². The van der Waals surface area contributed by atoms with Gasteiger partial charge in [0.25, 0.3) is 0 Å². The van der Waals surface area contributed by atoms with Crippen molar-refractivity contribution in [3.05, 3.63) is 29.8 Å². The minimum atomic E-state index is 0.379. The second kappa shape index (κ2) is 8.52. The third-order valence-electron chi connectivity index (χ3n) is 3.05. The Morgan fingerprint density at radius 2 is 2.21 bits per heavy atom. The molecule has 0 saturated heterocycles. The van der Waals surface area contributed by atoms with Gasteiger partial charge in [-0.2, -0.15) is 5.26 Å². The zero-order valence-corrected chi connectivity index (χ0v) is 11.9. The number of hydrogen-bond acceptors (Lipinski definition) is 4. The first-order chi connectivity index (χ1) is 9.21. The molecule has 4 heteroatoms. The van der Waals surface area contributed by atoms with Crippen LogP contribution in [0.3, 0.4) is 0 Å². The molecule has 1 rings (SSSR count). The van der Waals surface area contributed by atoms with E-state index in [9.17, 15) is 0 Å². The quantitative estimate of drug-likeness (QED) is 0.721. The number of likely N-dealkylation sites (N-methyl/N-ethyl adjacent to an activating group) is 1. The molecule has 104 valence electrons. The zero-order valence-electron chi connectivity index (χ0n) is 11.9.